The van der Waals surface area contributed by atoms with Gasteiger partial charge in [-0.1, -0.05) is 141 Å². The van der Waals surface area contributed by atoms with Gasteiger partial charge in [0.1, 0.15) is 18.2 Å². The van der Waals surface area contributed by atoms with E-state index in [-0.39, 0.29) is 21.9 Å². The molecule has 0 amide bonds. The first-order valence-corrected chi connectivity index (χ1v) is 22.9. The number of hydrogen-bond donors (Lipinski definition) is 1. The van der Waals surface area contributed by atoms with Crippen molar-refractivity contribution in [1.29, 1.82) is 0 Å². The fourth-order valence-corrected chi connectivity index (χ4v) is 8.73. The minimum atomic E-state index is -3.43. The van der Waals surface area contributed by atoms with Crippen LogP contribution in [0.3, 0.4) is 0 Å². The largest absolute Gasteiger partial charge is 0.382 e. The molecule has 0 fully saturated rings. The zero-order valence-corrected chi connectivity index (χ0v) is 32.4. The second-order valence-corrected chi connectivity index (χ2v) is 18.0. The minimum absolute atomic E-state index is 0.0993. The van der Waals surface area contributed by atoms with Crippen molar-refractivity contribution in [3.63, 3.8) is 0 Å². The number of nitrogen functional groups attached to an aromatic ring is 1. The maximum atomic E-state index is 13.7. The molecule has 2 N–H and O–H groups in total. The topological polar surface area (TPSA) is 114 Å². The molecule has 2 aromatic heterocycles. The van der Waals surface area contributed by atoms with E-state index in [2.05, 4.69) is 28.8 Å². The summed E-state index contributed by atoms with van der Waals surface area (Å²) in [7, 11) is -3.61. The maximum absolute atomic E-state index is 13.7. The van der Waals surface area contributed by atoms with Gasteiger partial charge in [0.15, 0.2) is 11.5 Å². The van der Waals surface area contributed by atoms with Gasteiger partial charge >= 0.3 is 7.60 Å². The van der Waals surface area contributed by atoms with E-state index in [0.29, 0.717) is 36.7 Å². The zero-order chi connectivity index (χ0) is 34.0. The molecular weight excluding hydrogens is 650 g/mol. The minimum Gasteiger partial charge on any atom is -0.382 e. The smallest absolute Gasteiger partial charge is 0.356 e. The van der Waals surface area contributed by atoms with Crippen molar-refractivity contribution < 1.29 is 18.3 Å². The van der Waals surface area contributed by atoms with Gasteiger partial charge in [-0.25, -0.2) is 15.0 Å². The number of fused-ring (bicyclic) bond motifs is 1. The Hall–Kier alpha value is -0.970. The van der Waals surface area contributed by atoms with E-state index in [9.17, 15) is 4.57 Å². The number of nitrogens with zero attached hydrogens (tertiary/aromatic N) is 4. The second-order valence-electron chi connectivity index (χ2n) is 12.9. The lowest BCUT2D eigenvalue weighted by molar-refractivity contribution is 0.0663. The first-order valence-electron chi connectivity index (χ1n) is 18.6. The Morgan fingerprint density at radius 1 is 0.766 bits per heavy atom. The van der Waals surface area contributed by atoms with Gasteiger partial charge in [-0.05, 0) is 25.5 Å². The molecule has 9 nitrogen and oxygen atoms in total. The number of nitrogens with two attached hydrogens (primary N) is 1. The Morgan fingerprint density at radius 3 is 1.89 bits per heavy atom. The van der Waals surface area contributed by atoms with Crippen molar-refractivity contribution in [3.8, 4) is 0 Å². The van der Waals surface area contributed by atoms with E-state index in [0.717, 1.165) is 30.8 Å². The highest BCUT2D eigenvalue weighted by Crippen LogP contribution is 2.48. The molecule has 0 aliphatic rings. The molecule has 12 heteroatoms. The molecule has 272 valence electrons. The highest BCUT2D eigenvalue weighted by atomic mass is 32.8. The van der Waals surface area contributed by atoms with Crippen LogP contribution in [0.1, 0.15) is 149 Å². The molecule has 0 spiro atoms. The number of aromatic nitrogens is 4. The molecule has 2 aromatic rings. The molecule has 0 radical (unpaired) electrons. The van der Waals surface area contributed by atoms with Gasteiger partial charge in [0.25, 0.3) is 0 Å². The molecule has 2 heterocycles. The first-order chi connectivity index (χ1) is 22.9. The summed E-state index contributed by atoms with van der Waals surface area (Å²) in [6, 6.07) is 0. The second kappa shape index (κ2) is 26.8. The maximum Gasteiger partial charge on any atom is 0.356 e. The van der Waals surface area contributed by atoms with Gasteiger partial charge in [0.05, 0.1) is 32.2 Å². The number of unbranched alkanes of at least 4 members (excludes halogenated alkanes) is 18. The van der Waals surface area contributed by atoms with E-state index < -0.39 is 7.60 Å². The molecule has 0 bridgehead atoms. The molecule has 47 heavy (non-hydrogen) atoms. The van der Waals surface area contributed by atoms with Crippen LogP contribution in [0.15, 0.2) is 12.7 Å². The van der Waals surface area contributed by atoms with E-state index in [1.54, 1.807) is 6.33 Å². The number of ether oxygens (including phenoxy) is 1. The summed E-state index contributed by atoms with van der Waals surface area (Å²) in [5.41, 5.74) is 7.12. The fraction of sp³-hybridized carbons (Fsp3) is 0.857. The van der Waals surface area contributed by atoms with Crippen molar-refractivity contribution in [2.45, 2.75) is 162 Å². The lowest BCUT2D eigenvalue weighted by Gasteiger charge is -2.21. The van der Waals surface area contributed by atoms with Crippen molar-refractivity contribution >= 4 is 45.2 Å². The normalized spacial score (nSPS) is 14.4. The molecule has 2 unspecified atom stereocenters. The molecular formula is C35H66N5O4PS2. The summed E-state index contributed by atoms with van der Waals surface area (Å²) in [5.74, 6) is 2.09. The molecule has 2 rings (SSSR count). The summed E-state index contributed by atoms with van der Waals surface area (Å²) < 4.78 is 33.5. The third-order valence-corrected chi connectivity index (χ3v) is 12.5. The Balaban J connectivity index is 1.65. The van der Waals surface area contributed by atoms with Gasteiger partial charge in [-0.15, -0.1) is 9.45 Å². The number of hydrogen-bond acceptors (Lipinski definition) is 9. The van der Waals surface area contributed by atoms with Gasteiger partial charge in [-0.3, -0.25) is 4.57 Å². The van der Waals surface area contributed by atoms with Crippen LogP contribution in [0.2, 0.25) is 0 Å². The SMILES string of the molecule is CCCCCCCCCCCCCCCCS(=S)CCOP(=O)(CO[C@H](C)Cn1cnc2c(N)ncnc21)OCCCCCCCC. The molecule has 0 aromatic carbocycles. The Kier molecular flexibility index (Phi) is 24.1. The van der Waals surface area contributed by atoms with Crippen LogP contribution < -0.4 is 5.73 Å². The molecule has 0 aliphatic carbocycles. The molecule has 0 saturated carbocycles. The van der Waals surface area contributed by atoms with Crippen LogP contribution in [0.25, 0.3) is 11.2 Å². The summed E-state index contributed by atoms with van der Waals surface area (Å²) in [6.07, 6.45) is 28.5. The molecule has 3 atom stereocenters. The lowest BCUT2D eigenvalue weighted by atomic mass is 10.0. The monoisotopic (exact) mass is 715 g/mol. The van der Waals surface area contributed by atoms with Crippen LogP contribution in [0, 0.1) is 0 Å². The predicted molar refractivity (Wildman–Crippen MR) is 203 cm³/mol. The van der Waals surface area contributed by atoms with Crippen LogP contribution >= 0.6 is 7.60 Å². The van der Waals surface area contributed by atoms with Gasteiger partial charge < -0.3 is 24.1 Å². The van der Waals surface area contributed by atoms with Crippen molar-refractivity contribution in [2.75, 3.05) is 36.8 Å². The van der Waals surface area contributed by atoms with Crippen LogP contribution in [0.4, 0.5) is 5.82 Å². The lowest BCUT2D eigenvalue weighted by Crippen LogP contribution is -2.19. The van der Waals surface area contributed by atoms with Gasteiger partial charge in [0, 0.05) is 5.75 Å². The van der Waals surface area contributed by atoms with Gasteiger partial charge in [-0.2, -0.15) is 0 Å². The van der Waals surface area contributed by atoms with E-state index in [4.69, 9.17) is 30.7 Å². The third-order valence-electron chi connectivity index (χ3n) is 8.51. The van der Waals surface area contributed by atoms with E-state index in [1.807, 2.05) is 11.5 Å². The van der Waals surface area contributed by atoms with Crippen molar-refractivity contribution in [2.24, 2.45) is 0 Å². The van der Waals surface area contributed by atoms with E-state index >= 15 is 0 Å². The Morgan fingerprint density at radius 2 is 1.30 bits per heavy atom. The van der Waals surface area contributed by atoms with Gasteiger partial charge in [0.2, 0.25) is 0 Å². The first kappa shape index (κ1) is 42.2. The predicted octanol–water partition coefficient (Wildman–Crippen LogP) is 9.92. The Labute approximate surface area is 293 Å². The Bertz CT molecular complexity index is 1140. The summed E-state index contributed by atoms with van der Waals surface area (Å²) in [5, 5.41) is 0. The molecule has 0 aliphatic heterocycles. The van der Waals surface area contributed by atoms with Crippen LogP contribution in [0.5, 0.6) is 0 Å². The van der Waals surface area contributed by atoms with E-state index in [1.165, 1.54) is 115 Å². The molecule has 0 saturated heterocycles. The average Bonchev–Trinajstić information content (AvgIpc) is 3.47. The summed E-state index contributed by atoms with van der Waals surface area (Å²) >= 11 is 5.75. The van der Waals surface area contributed by atoms with Crippen LogP contribution in [-0.2, 0) is 45.5 Å². The standard InChI is InChI=1S/C35H66N5O4PS2/c1-4-6-8-10-12-13-14-15-16-17-18-19-21-23-26-47(46)27-25-44-45(41,43-24-22-20-11-9-7-5-2)31-42-32(3)28-40-30-39-33-34(36)37-29-38-35(33)40/h29-30,32H,4-28,31H2,1-3H3,(H2,36,37,38)/t32-,45?,47?/m1/s1. The third kappa shape index (κ3) is 19.7. The van der Waals surface area contributed by atoms with Crippen LogP contribution in [-0.4, -0.2) is 56.7 Å². The number of imidazole rings is 1. The van der Waals surface area contributed by atoms with Crippen molar-refractivity contribution in [3.05, 3.63) is 12.7 Å². The highest BCUT2D eigenvalue weighted by molar-refractivity contribution is 8.28. The number of anilines is 1. The quantitative estimate of drug-likeness (QED) is 0.0584. The average molecular weight is 716 g/mol. The fourth-order valence-electron chi connectivity index (χ4n) is 5.61. The highest BCUT2D eigenvalue weighted by Gasteiger charge is 2.26. The summed E-state index contributed by atoms with van der Waals surface area (Å²) in [4.78, 5) is 12.6. The number of rotatable bonds is 32. The van der Waals surface area contributed by atoms with Crippen molar-refractivity contribution in [1.82, 2.24) is 19.5 Å². The zero-order valence-electron chi connectivity index (χ0n) is 29.9. The summed E-state index contributed by atoms with van der Waals surface area (Å²) in [6.45, 7) is 7.62.